The van der Waals surface area contributed by atoms with Crippen LogP contribution in [0.15, 0.2) is 17.6 Å². The monoisotopic (exact) mass is 313 g/mol. The number of carbonyl (C=O) groups is 1. The predicted molar refractivity (Wildman–Crippen MR) is 79.4 cm³/mol. The quantitative estimate of drug-likeness (QED) is 0.888. The lowest BCUT2D eigenvalue weighted by molar-refractivity contribution is -0.120. The molecule has 1 N–H and O–H groups in total. The molecule has 0 aromatic carbocycles. The number of hydrogen-bond donors (Lipinski definition) is 1. The van der Waals surface area contributed by atoms with Gasteiger partial charge in [-0.1, -0.05) is 19.3 Å². The molecule has 118 valence electrons. The summed E-state index contributed by atoms with van der Waals surface area (Å²) >= 11 is 0. The first-order valence-corrected chi connectivity index (χ1v) is 8.96. The van der Waals surface area contributed by atoms with Crippen LogP contribution in [0.4, 0.5) is 0 Å². The van der Waals surface area contributed by atoms with Crippen LogP contribution in [-0.4, -0.2) is 35.7 Å². The van der Waals surface area contributed by atoms with Gasteiger partial charge in [-0.3, -0.25) is 4.79 Å². The second kappa shape index (κ2) is 6.60. The molecule has 2 rings (SSSR count). The summed E-state index contributed by atoms with van der Waals surface area (Å²) in [6.45, 7) is 1.99. The molecule has 1 atom stereocenters. The minimum absolute atomic E-state index is 0.0668. The topological polar surface area (TPSA) is 81.1 Å². The van der Waals surface area contributed by atoms with Crippen molar-refractivity contribution in [2.75, 3.05) is 6.54 Å². The molecular weight excluding hydrogens is 290 g/mol. The van der Waals surface area contributed by atoms with E-state index in [1.165, 1.54) is 37.0 Å². The van der Waals surface area contributed by atoms with Gasteiger partial charge in [-0.25, -0.2) is 13.4 Å². The third-order valence-corrected chi connectivity index (χ3v) is 6.20. The second-order valence-electron chi connectivity index (χ2n) is 5.76. The van der Waals surface area contributed by atoms with Gasteiger partial charge in [0.2, 0.25) is 20.9 Å². The van der Waals surface area contributed by atoms with Crippen molar-refractivity contribution < 1.29 is 13.2 Å². The summed E-state index contributed by atoms with van der Waals surface area (Å²) in [7, 11) is -2.13. The highest BCUT2D eigenvalue weighted by molar-refractivity contribution is 7.92. The molecule has 0 radical (unpaired) electrons. The van der Waals surface area contributed by atoms with Crippen LogP contribution >= 0.6 is 0 Å². The highest BCUT2D eigenvalue weighted by Crippen LogP contribution is 2.23. The van der Waals surface area contributed by atoms with E-state index in [-0.39, 0.29) is 5.16 Å². The summed E-state index contributed by atoms with van der Waals surface area (Å²) in [5.41, 5.74) is 0. The molecule has 1 saturated carbocycles. The average Bonchev–Trinajstić information content (AvgIpc) is 2.92. The molecule has 1 aromatic rings. The number of rotatable bonds is 5. The minimum atomic E-state index is -3.74. The van der Waals surface area contributed by atoms with Crippen molar-refractivity contribution in [2.24, 2.45) is 13.0 Å². The van der Waals surface area contributed by atoms with E-state index >= 15 is 0 Å². The van der Waals surface area contributed by atoms with Gasteiger partial charge in [-0.15, -0.1) is 0 Å². The van der Waals surface area contributed by atoms with Crippen LogP contribution in [0.1, 0.15) is 39.0 Å². The zero-order valence-corrected chi connectivity index (χ0v) is 13.4. The van der Waals surface area contributed by atoms with Crippen molar-refractivity contribution in [2.45, 2.75) is 49.4 Å². The van der Waals surface area contributed by atoms with Crippen LogP contribution in [0.3, 0.4) is 0 Å². The first-order valence-electron chi connectivity index (χ1n) is 7.42. The lowest BCUT2D eigenvalue weighted by Gasteiger charge is -2.22. The maximum absolute atomic E-state index is 12.4. The van der Waals surface area contributed by atoms with Gasteiger partial charge in [0.05, 0.1) is 0 Å². The first-order chi connectivity index (χ1) is 9.93. The molecule has 6 nitrogen and oxygen atoms in total. The molecule has 0 aliphatic heterocycles. The molecule has 0 bridgehead atoms. The summed E-state index contributed by atoms with van der Waals surface area (Å²) in [5.74, 6) is 0.0364. The van der Waals surface area contributed by atoms with E-state index in [0.717, 1.165) is 12.8 Å². The summed E-state index contributed by atoms with van der Waals surface area (Å²) in [6, 6.07) is 0. The van der Waals surface area contributed by atoms with E-state index in [9.17, 15) is 13.2 Å². The standard InChI is InChI=1S/C14H23N3O3S/c1-11(21(19,20)14-15-8-9-17(14)2)13(18)16-10-12-6-4-3-5-7-12/h8-9,11-12H,3-7,10H2,1-2H3,(H,16,18). The van der Waals surface area contributed by atoms with Gasteiger partial charge in [-0.05, 0) is 25.7 Å². The van der Waals surface area contributed by atoms with E-state index in [1.54, 1.807) is 13.2 Å². The third-order valence-electron chi connectivity index (χ3n) is 4.16. The van der Waals surface area contributed by atoms with E-state index in [4.69, 9.17) is 0 Å². The van der Waals surface area contributed by atoms with Crippen LogP contribution in [0, 0.1) is 5.92 Å². The molecule has 21 heavy (non-hydrogen) atoms. The Bertz CT molecular complexity index is 588. The fourth-order valence-corrected chi connectivity index (χ4v) is 4.06. The lowest BCUT2D eigenvalue weighted by atomic mass is 9.89. The summed E-state index contributed by atoms with van der Waals surface area (Å²) < 4.78 is 26.1. The third kappa shape index (κ3) is 3.64. The molecule has 1 aliphatic rings. The number of aromatic nitrogens is 2. The number of amides is 1. The van der Waals surface area contributed by atoms with Gasteiger partial charge in [0.15, 0.2) is 0 Å². The summed E-state index contributed by atoms with van der Waals surface area (Å²) in [6.07, 6.45) is 8.85. The molecule has 1 heterocycles. The molecule has 0 saturated heterocycles. The van der Waals surface area contributed by atoms with Gasteiger partial charge in [0, 0.05) is 26.0 Å². The van der Waals surface area contributed by atoms with Crippen molar-refractivity contribution in [1.82, 2.24) is 14.9 Å². The fourth-order valence-electron chi connectivity index (χ4n) is 2.71. The average molecular weight is 313 g/mol. The van der Waals surface area contributed by atoms with Gasteiger partial charge in [0.25, 0.3) is 0 Å². The molecule has 1 aromatic heterocycles. The maximum atomic E-state index is 12.4. The Morgan fingerprint density at radius 3 is 2.67 bits per heavy atom. The van der Waals surface area contributed by atoms with Gasteiger partial charge < -0.3 is 9.88 Å². The molecule has 1 unspecified atom stereocenters. The molecular formula is C14H23N3O3S. The van der Waals surface area contributed by atoms with Crippen molar-refractivity contribution in [1.29, 1.82) is 0 Å². The largest absolute Gasteiger partial charge is 0.355 e. The van der Waals surface area contributed by atoms with Crippen LogP contribution < -0.4 is 5.32 Å². The molecule has 1 fully saturated rings. The van der Waals surface area contributed by atoms with Crippen LogP contribution in [0.25, 0.3) is 0 Å². The predicted octanol–water partition coefficient (Wildman–Crippen LogP) is 1.28. The van der Waals surface area contributed by atoms with Crippen LogP contribution in [-0.2, 0) is 21.7 Å². The van der Waals surface area contributed by atoms with Crippen molar-refractivity contribution in [3.8, 4) is 0 Å². The molecule has 1 aliphatic carbocycles. The Labute approximate surface area is 125 Å². The van der Waals surface area contributed by atoms with Crippen molar-refractivity contribution >= 4 is 15.7 Å². The maximum Gasteiger partial charge on any atom is 0.238 e. The summed E-state index contributed by atoms with van der Waals surface area (Å²) in [5, 5.41) is 1.59. The summed E-state index contributed by atoms with van der Waals surface area (Å²) in [4.78, 5) is 15.9. The van der Waals surface area contributed by atoms with Crippen molar-refractivity contribution in [3.63, 3.8) is 0 Å². The number of carbonyl (C=O) groups excluding carboxylic acids is 1. The van der Waals surface area contributed by atoms with Crippen LogP contribution in [0.2, 0.25) is 0 Å². The number of hydrogen-bond acceptors (Lipinski definition) is 4. The second-order valence-corrected chi connectivity index (χ2v) is 7.92. The Morgan fingerprint density at radius 2 is 2.10 bits per heavy atom. The van der Waals surface area contributed by atoms with E-state index < -0.39 is 21.0 Å². The molecule has 0 spiro atoms. The SMILES string of the molecule is CC(C(=O)NCC1CCCCC1)S(=O)(=O)c1nccn1C. The zero-order valence-electron chi connectivity index (χ0n) is 12.6. The normalized spacial score (nSPS) is 18.4. The fraction of sp³-hybridized carbons (Fsp3) is 0.714. The minimum Gasteiger partial charge on any atom is -0.355 e. The number of nitrogens with one attached hydrogen (secondary N) is 1. The van der Waals surface area contributed by atoms with Gasteiger partial charge in [-0.2, -0.15) is 0 Å². The molecule has 1 amide bonds. The molecule has 7 heteroatoms. The highest BCUT2D eigenvalue weighted by atomic mass is 32.2. The zero-order chi connectivity index (χ0) is 15.5. The Morgan fingerprint density at radius 1 is 1.43 bits per heavy atom. The van der Waals surface area contributed by atoms with E-state index in [0.29, 0.717) is 12.5 Å². The van der Waals surface area contributed by atoms with E-state index in [2.05, 4.69) is 10.3 Å². The van der Waals surface area contributed by atoms with E-state index in [1.807, 2.05) is 0 Å². The highest BCUT2D eigenvalue weighted by Gasteiger charge is 2.33. The number of nitrogens with zero attached hydrogens (tertiary/aromatic N) is 2. The van der Waals surface area contributed by atoms with Crippen LogP contribution in [0.5, 0.6) is 0 Å². The first kappa shape index (κ1) is 16.0. The number of aryl methyl sites for hydroxylation is 1. The van der Waals surface area contributed by atoms with Gasteiger partial charge in [0.1, 0.15) is 5.25 Å². The smallest absolute Gasteiger partial charge is 0.238 e. The lowest BCUT2D eigenvalue weighted by Crippen LogP contribution is -2.41. The number of sulfone groups is 1. The Kier molecular flexibility index (Phi) is 5.03. The number of imidazole rings is 1. The Balaban J connectivity index is 1.97. The van der Waals surface area contributed by atoms with Gasteiger partial charge >= 0.3 is 0 Å². The van der Waals surface area contributed by atoms with Crippen molar-refractivity contribution in [3.05, 3.63) is 12.4 Å². The Hall–Kier alpha value is -1.37.